The molecule has 0 saturated heterocycles. The lowest BCUT2D eigenvalue weighted by atomic mass is 10.3. The van der Waals surface area contributed by atoms with Crippen LogP contribution in [0.25, 0.3) is 0 Å². The van der Waals surface area contributed by atoms with Gasteiger partial charge in [0.05, 0.1) is 6.61 Å². The number of ether oxygens (including phenoxy) is 1. The third-order valence-corrected chi connectivity index (χ3v) is 3.68. The lowest BCUT2D eigenvalue weighted by Crippen LogP contribution is -1.99. The number of rotatable bonds is 6. The van der Waals surface area contributed by atoms with E-state index < -0.39 is 11.6 Å². The first-order chi connectivity index (χ1) is 9.65. The number of benzene rings is 2. The van der Waals surface area contributed by atoms with Crippen LogP contribution < -0.4 is 10.5 Å². The molecule has 2 N–H and O–H groups in total. The van der Waals surface area contributed by atoms with Gasteiger partial charge in [0.1, 0.15) is 17.4 Å². The van der Waals surface area contributed by atoms with Crippen LogP contribution in [-0.2, 0) is 0 Å². The zero-order chi connectivity index (χ0) is 14.4. The molecule has 0 amide bonds. The summed E-state index contributed by atoms with van der Waals surface area (Å²) in [7, 11) is 0. The van der Waals surface area contributed by atoms with Gasteiger partial charge in [-0.15, -0.1) is 11.8 Å². The van der Waals surface area contributed by atoms with Crippen molar-refractivity contribution in [2.45, 2.75) is 11.3 Å². The highest BCUT2D eigenvalue weighted by molar-refractivity contribution is 7.99. The predicted octanol–water partition coefficient (Wildman–Crippen LogP) is 4.11. The number of thioether (sulfide) groups is 1. The molecule has 0 atom stereocenters. The molecular weight excluding hydrogens is 280 g/mol. The van der Waals surface area contributed by atoms with E-state index in [1.807, 2.05) is 12.1 Å². The van der Waals surface area contributed by atoms with Gasteiger partial charge in [-0.3, -0.25) is 0 Å². The normalized spacial score (nSPS) is 10.5. The van der Waals surface area contributed by atoms with Gasteiger partial charge in [0.25, 0.3) is 0 Å². The van der Waals surface area contributed by atoms with Crippen molar-refractivity contribution in [2.24, 2.45) is 0 Å². The Morgan fingerprint density at radius 3 is 2.75 bits per heavy atom. The fourth-order valence-corrected chi connectivity index (χ4v) is 2.51. The molecule has 0 heterocycles. The minimum Gasteiger partial charge on any atom is -0.493 e. The lowest BCUT2D eigenvalue weighted by molar-refractivity contribution is 0.319. The Hall–Kier alpha value is -1.75. The standard InChI is InChI=1S/C15H15F2NOS/c16-11-5-6-14(17)15(9-11)20-8-2-7-19-13-4-1-3-12(18)10-13/h1,3-6,9-10H,2,7-8,18H2. The van der Waals surface area contributed by atoms with Gasteiger partial charge in [0, 0.05) is 22.4 Å². The molecule has 0 aromatic heterocycles. The van der Waals surface area contributed by atoms with Crippen LogP contribution in [0.2, 0.25) is 0 Å². The van der Waals surface area contributed by atoms with Crippen molar-refractivity contribution in [1.82, 2.24) is 0 Å². The second-order valence-electron chi connectivity index (χ2n) is 4.20. The van der Waals surface area contributed by atoms with Gasteiger partial charge in [0.2, 0.25) is 0 Å². The maximum absolute atomic E-state index is 13.4. The fraction of sp³-hybridized carbons (Fsp3) is 0.200. The Morgan fingerprint density at radius 1 is 1.10 bits per heavy atom. The highest BCUT2D eigenvalue weighted by Gasteiger charge is 2.04. The largest absolute Gasteiger partial charge is 0.493 e. The van der Waals surface area contributed by atoms with E-state index >= 15 is 0 Å². The van der Waals surface area contributed by atoms with Gasteiger partial charge in [-0.1, -0.05) is 6.07 Å². The van der Waals surface area contributed by atoms with E-state index in [1.54, 1.807) is 12.1 Å². The third kappa shape index (κ3) is 4.42. The maximum Gasteiger partial charge on any atom is 0.136 e. The van der Waals surface area contributed by atoms with E-state index in [2.05, 4.69) is 0 Å². The zero-order valence-electron chi connectivity index (χ0n) is 10.8. The van der Waals surface area contributed by atoms with Gasteiger partial charge in [-0.25, -0.2) is 8.78 Å². The van der Waals surface area contributed by atoms with Crippen molar-refractivity contribution in [3.63, 3.8) is 0 Å². The summed E-state index contributed by atoms with van der Waals surface area (Å²) in [6.45, 7) is 0.507. The van der Waals surface area contributed by atoms with Crippen molar-refractivity contribution in [1.29, 1.82) is 0 Å². The minimum atomic E-state index is -0.426. The SMILES string of the molecule is Nc1cccc(OCCCSc2cc(F)ccc2F)c1. The molecule has 5 heteroatoms. The highest BCUT2D eigenvalue weighted by Crippen LogP contribution is 2.23. The average Bonchev–Trinajstić information content (AvgIpc) is 2.42. The molecule has 20 heavy (non-hydrogen) atoms. The van der Waals surface area contributed by atoms with Crippen molar-refractivity contribution < 1.29 is 13.5 Å². The molecule has 0 radical (unpaired) electrons. The van der Waals surface area contributed by atoms with E-state index in [0.717, 1.165) is 18.6 Å². The smallest absolute Gasteiger partial charge is 0.136 e. The molecule has 2 aromatic rings. The summed E-state index contributed by atoms with van der Waals surface area (Å²) in [5, 5.41) is 0. The molecule has 0 spiro atoms. The number of nitrogen functional groups attached to an aromatic ring is 1. The summed E-state index contributed by atoms with van der Waals surface area (Å²) in [4.78, 5) is 0.328. The van der Waals surface area contributed by atoms with Crippen LogP contribution >= 0.6 is 11.8 Å². The summed E-state index contributed by atoms with van der Waals surface area (Å²) in [5.41, 5.74) is 6.29. The molecule has 0 fully saturated rings. The summed E-state index contributed by atoms with van der Waals surface area (Å²) in [6.07, 6.45) is 0.732. The number of halogens is 2. The van der Waals surface area contributed by atoms with Gasteiger partial charge in [0.15, 0.2) is 0 Å². The Kier molecular flexibility index (Phi) is 5.24. The van der Waals surface area contributed by atoms with Crippen LogP contribution in [0.15, 0.2) is 47.4 Å². The summed E-state index contributed by atoms with van der Waals surface area (Å²) < 4.78 is 31.8. The molecule has 0 aliphatic rings. The number of anilines is 1. The first kappa shape index (κ1) is 14.7. The van der Waals surface area contributed by atoms with E-state index in [-0.39, 0.29) is 0 Å². The van der Waals surface area contributed by atoms with Crippen LogP contribution in [0.1, 0.15) is 6.42 Å². The first-order valence-electron chi connectivity index (χ1n) is 6.21. The quantitative estimate of drug-likeness (QED) is 0.495. The van der Waals surface area contributed by atoms with Crippen molar-refractivity contribution in [2.75, 3.05) is 18.1 Å². The van der Waals surface area contributed by atoms with Crippen LogP contribution in [0.5, 0.6) is 5.75 Å². The monoisotopic (exact) mass is 295 g/mol. The molecular formula is C15H15F2NOS. The molecule has 0 aliphatic heterocycles. The number of hydrogen-bond acceptors (Lipinski definition) is 3. The van der Waals surface area contributed by atoms with Gasteiger partial charge < -0.3 is 10.5 Å². The first-order valence-corrected chi connectivity index (χ1v) is 7.20. The molecule has 0 saturated carbocycles. The van der Waals surface area contributed by atoms with Gasteiger partial charge in [-0.05, 0) is 36.8 Å². The van der Waals surface area contributed by atoms with Crippen LogP contribution in [0, 0.1) is 11.6 Å². The Morgan fingerprint density at radius 2 is 1.95 bits per heavy atom. The van der Waals surface area contributed by atoms with Crippen molar-refractivity contribution >= 4 is 17.4 Å². The van der Waals surface area contributed by atoms with E-state index in [4.69, 9.17) is 10.5 Å². The summed E-state index contributed by atoms with van der Waals surface area (Å²) in [5.74, 6) is 0.549. The van der Waals surface area contributed by atoms with Gasteiger partial charge in [-0.2, -0.15) is 0 Å². The summed E-state index contributed by atoms with van der Waals surface area (Å²) in [6, 6.07) is 10.6. The molecule has 0 aliphatic carbocycles. The Balaban J connectivity index is 1.73. The van der Waals surface area contributed by atoms with Crippen molar-refractivity contribution in [3.8, 4) is 5.75 Å². The van der Waals surface area contributed by atoms with E-state index in [1.165, 1.54) is 17.8 Å². The fourth-order valence-electron chi connectivity index (χ4n) is 1.62. The summed E-state index contributed by atoms with van der Waals surface area (Å²) >= 11 is 1.28. The second-order valence-corrected chi connectivity index (χ2v) is 5.33. The molecule has 106 valence electrons. The van der Waals surface area contributed by atoms with Crippen molar-refractivity contribution in [3.05, 3.63) is 54.1 Å². The minimum absolute atomic E-state index is 0.328. The van der Waals surface area contributed by atoms with E-state index in [9.17, 15) is 8.78 Å². The number of hydrogen-bond donors (Lipinski definition) is 1. The zero-order valence-corrected chi connectivity index (χ0v) is 11.6. The average molecular weight is 295 g/mol. The van der Waals surface area contributed by atoms with Crippen LogP contribution in [-0.4, -0.2) is 12.4 Å². The predicted molar refractivity (Wildman–Crippen MR) is 78.0 cm³/mol. The molecule has 0 bridgehead atoms. The molecule has 2 rings (SSSR count). The third-order valence-electron chi connectivity index (χ3n) is 2.57. The van der Waals surface area contributed by atoms with Gasteiger partial charge >= 0.3 is 0 Å². The Bertz CT molecular complexity index is 578. The topological polar surface area (TPSA) is 35.2 Å². The van der Waals surface area contributed by atoms with Crippen LogP contribution in [0.3, 0.4) is 0 Å². The lowest BCUT2D eigenvalue weighted by Gasteiger charge is -2.07. The second kappa shape index (κ2) is 7.14. The molecule has 2 nitrogen and oxygen atoms in total. The van der Waals surface area contributed by atoms with E-state index in [0.29, 0.717) is 28.7 Å². The number of nitrogens with two attached hydrogens (primary N) is 1. The Labute approximate surface area is 120 Å². The highest BCUT2D eigenvalue weighted by atomic mass is 32.2. The van der Waals surface area contributed by atoms with Crippen LogP contribution in [0.4, 0.5) is 14.5 Å². The molecule has 0 unspecified atom stereocenters. The molecule has 2 aromatic carbocycles. The maximum atomic E-state index is 13.4.